The van der Waals surface area contributed by atoms with Gasteiger partial charge >= 0.3 is 0 Å². The van der Waals surface area contributed by atoms with Gasteiger partial charge in [-0.25, -0.2) is 0 Å². The molecule has 2 aromatic rings. The lowest BCUT2D eigenvalue weighted by molar-refractivity contribution is 0.106. The Hall–Kier alpha value is -0.980. The van der Waals surface area contributed by atoms with E-state index in [2.05, 4.69) is 34.5 Å². The minimum Gasteiger partial charge on any atom is -0.412 e. The van der Waals surface area contributed by atoms with Gasteiger partial charge in [-0.2, -0.15) is 0 Å². The summed E-state index contributed by atoms with van der Waals surface area (Å²) in [6.45, 7) is 4.26. The van der Waals surface area contributed by atoms with Gasteiger partial charge in [-0.15, -0.1) is 11.3 Å². The molecule has 2 heterocycles. The van der Waals surface area contributed by atoms with E-state index in [0.717, 1.165) is 45.7 Å². The second-order valence-electron chi connectivity index (χ2n) is 5.40. The van der Waals surface area contributed by atoms with Crippen molar-refractivity contribution in [3.63, 3.8) is 0 Å². The number of benzene rings is 1. The molecule has 0 bridgehead atoms. The van der Waals surface area contributed by atoms with Crippen molar-refractivity contribution in [2.45, 2.75) is 18.9 Å². The lowest BCUT2D eigenvalue weighted by atomic mass is 10.1. The summed E-state index contributed by atoms with van der Waals surface area (Å²) in [5, 5.41) is 12.9. The Morgan fingerprint density at radius 3 is 3.00 bits per heavy atom. The van der Waals surface area contributed by atoms with Crippen molar-refractivity contribution in [1.82, 2.24) is 4.90 Å². The maximum absolute atomic E-state index is 9.44. The van der Waals surface area contributed by atoms with Crippen molar-refractivity contribution in [2.75, 3.05) is 32.8 Å². The zero-order valence-electron chi connectivity index (χ0n) is 12.1. The molecule has 4 nitrogen and oxygen atoms in total. The molecular weight excluding hydrogens is 286 g/mol. The number of ether oxygens (including phenoxy) is 1. The van der Waals surface area contributed by atoms with Crippen LogP contribution in [0.3, 0.4) is 0 Å². The number of β-amino-alcohol motifs (C(OH)–C–C–N with tert-alkyl or cyclic N) is 1. The molecule has 0 aliphatic carbocycles. The molecule has 3 N–H and O–H groups in total. The molecule has 1 aliphatic heterocycles. The number of thiophene rings is 1. The maximum atomic E-state index is 9.44. The molecular formula is C16H23NO3S. The van der Waals surface area contributed by atoms with Crippen LogP contribution < -0.4 is 0 Å². The first kappa shape index (κ1) is 16.4. The molecule has 0 spiro atoms. The zero-order chi connectivity index (χ0) is 13.8. The molecule has 1 aromatic carbocycles. The second-order valence-corrected chi connectivity index (χ2v) is 6.35. The lowest BCUT2D eigenvalue weighted by Gasteiger charge is -2.14. The van der Waals surface area contributed by atoms with Crippen LogP contribution in [-0.2, 0) is 11.2 Å². The standard InChI is InChI=1S/C16H21NO2S.H2O/c18-15-3-6-17(12-15)7-9-19-8-4-13-1-2-16-14(11-13)5-10-20-16;/h1-2,5,10-11,15,18H,3-4,6-9,12H2;1H2/t15-;/m1./s1. The summed E-state index contributed by atoms with van der Waals surface area (Å²) in [4.78, 5) is 2.27. The number of hydrogen-bond donors (Lipinski definition) is 1. The largest absolute Gasteiger partial charge is 0.412 e. The van der Waals surface area contributed by atoms with Crippen molar-refractivity contribution in [3.05, 3.63) is 35.2 Å². The second kappa shape index (κ2) is 7.87. The molecule has 0 saturated carbocycles. The minimum absolute atomic E-state index is 0. The number of hydrogen-bond acceptors (Lipinski definition) is 4. The number of nitrogens with zero attached hydrogens (tertiary/aromatic N) is 1. The summed E-state index contributed by atoms with van der Waals surface area (Å²) in [7, 11) is 0. The van der Waals surface area contributed by atoms with Crippen LogP contribution in [0.2, 0.25) is 0 Å². The molecule has 5 heteroatoms. The molecule has 1 fully saturated rings. The van der Waals surface area contributed by atoms with E-state index in [4.69, 9.17) is 4.74 Å². The fourth-order valence-corrected chi connectivity index (χ4v) is 3.44. The van der Waals surface area contributed by atoms with Gasteiger partial charge in [-0.05, 0) is 41.3 Å². The topological polar surface area (TPSA) is 64.2 Å². The number of likely N-dealkylation sites (tertiary alicyclic amines) is 1. The summed E-state index contributed by atoms with van der Waals surface area (Å²) in [5.41, 5.74) is 1.34. The Morgan fingerprint density at radius 2 is 2.19 bits per heavy atom. The number of aliphatic hydroxyl groups excluding tert-OH is 1. The van der Waals surface area contributed by atoms with E-state index < -0.39 is 0 Å². The smallest absolute Gasteiger partial charge is 0.0679 e. The van der Waals surface area contributed by atoms with Gasteiger partial charge in [0.15, 0.2) is 0 Å². The Labute approximate surface area is 129 Å². The summed E-state index contributed by atoms with van der Waals surface area (Å²) in [5.74, 6) is 0. The molecule has 1 aromatic heterocycles. The zero-order valence-corrected chi connectivity index (χ0v) is 12.9. The molecule has 0 unspecified atom stereocenters. The van der Waals surface area contributed by atoms with Crippen LogP contribution >= 0.6 is 11.3 Å². The Bertz CT molecular complexity index is 557. The van der Waals surface area contributed by atoms with Gasteiger partial charge in [0.1, 0.15) is 0 Å². The first-order valence-corrected chi connectivity index (χ1v) is 8.13. The highest BCUT2D eigenvalue weighted by atomic mass is 32.1. The average Bonchev–Trinajstić information content (AvgIpc) is 3.06. The molecule has 3 rings (SSSR count). The Morgan fingerprint density at radius 1 is 1.29 bits per heavy atom. The lowest BCUT2D eigenvalue weighted by Crippen LogP contribution is -2.26. The van der Waals surface area contributed by atoms with Crippen LogP contribution in [-0.4, -0.2) is 54.4 Å². The van der Waals surface area contributed by atoms with Gasteiger partial charge in [0.25, 0.3) is 0 Å². The molecule has 1 saturated heterocycles. The Balaban J connectivity index is 0.00000161. The quantitative estimate of drug-likeness (QED) is 0.826. The molecule has 21 heavy (non-hydrogen) atoms. The van der Waals surface area contributed by atoms with Crippen molar-refractivity contribution >= 4 is 21.4 Å². The van der Waals surface area contributed by atoms with Crippen LogP contribution in [0.5, 0.6) is 0 Å². The normalized spacial score (nSPS) is 19.0. The average molecular weight is 309 g/mol. The number of rotatable bonds is 6. The van der Waals surface area contributed by atoms with Gasteiger partial charge in [-0.3, -0.25) is 4.90 Å². The van der Waals surface area contributed by atoms with E-state index >= 15 is 0 Å². The van der Waals surface area contributed by atoms with Crippen molar-refractivity contribution in [3.8, 4) is 0 Å². The predicted octanol–water partition coefficient (Wildman–Crippen LogP) is 1.70. The molecule has 1 atom stereocenters. The summed E-state index contributed by atoms with van der Waals surface area (Å²) in [6.07, 6.45) is 1.74. The predicted molar refractivity (Wildman–Crippen MR) is 87.0 cm³/mol. The monoisotopic (exact) mass is 309 g/mol. The molecule has 116 valence electrons. The van der Waals surface area contributed by atoms with E-state index in [1.54, 1.807) is 11.3 Å². The van der Waals surface area contributed by atoms with Crippen LogP contribution in [0.4, 0.5) is 0 Å². The summed E-state index contributed by atoms with van der Waals surface area (Å²) in [6, 6.07) is 8.81. The van der Waals surface area contributed by atoms with Crippen LogP contribution in [0, 0.1) is 0 Å². The minimum atomic E-state index is -0.132. The number of aliphatic hydroxyl groups is 1. The van der Waals surface area contributed by atoms with Crippen molar-refractivity contribution < 1.29 is 15.3 Å². The Kier molecular flexibility index (Phi) is 6.14. The van der Waals surface area contributed by atoms with Gasteiger partial charge in [0, 0.05) is 24.3 Å². The van der Waals surface area contributed by atoms with E-state index in [1.807, 2.05) is 0 Å². The van der Waals surface area contributed by atoms with Gasteiger partial charge in [0.05, 0.1) is 19.3 Å². The first-order chi connectivity index (χ1) is 9.81. The summed E-state index contributed by atoms with van der Waals surface area (Å²) < 4.78 is 7.06. The van der Waals surface area contributed by atoms with E-state index in [9.17, 15) is 5.11 Å². The number of fused-ring (bicyclic) bond motifs is 1. The third-order valence-electron chi connectivity index (χ3n) is 3.85. The highest BCUT2D eigenvalue weighted by Gasteiger charge is 2.19. The third kappa shape index (κ3) is 4.49. The SMILES string of the molecule is O.O[C@@H]1CCN(CCOCCc2ccc3sccc3c2)C1. The summed E-state index contributed by atoms with van der Waals surface area (Å²) >= 11 is 1.79. The van der Waals surface area contributed by atoms with Crippen LogP contribution in [0.15, 0.2) is 29.6 Å². The third-order valence-corrected chi connectivity index (χ3v) is 4.75. The molecule has 0 amide bonds. The highest BCUT2D eigenvalue weighted by Crippen LogP contribution is 2.21. The van der Waals surface area contributed by atoms with E-state index in [1.165, 1.54) is 15.6 Å². The fraction of sp³-hybridized carbons (Fsp3) is 0.500. The van der Waals surface area contributed by atoms with Crippen molar-refractivity contribution in [2.24, 2.45) is 0 Å². The van der Waals surface area contributed by atoms with E-state index in [-0.39, 0.29) is 11.6 Å². The molecule has 1 aliphatic rings. The van der Waals surface area contributed by atoms with Crippen molar-refractivity contribution in [1.29, 1.82) is 0 Å². The van der Waals surface area contributed by atoms with Gasteiger partial charge in [0.2, 0.25) is 0 Å². The first-order valence-electron chi connectivity index (χ1n) is 7.25. The van der Waals surface area contributed by atoms with Gasteiger partial charge in [-0.1, -0.05) is 12.1 Å². The maximum Gasteiger partial charge on any atom is 0.0679 e. The van der Waals surface area contributed by atoms with Crippen LogP contribution in [0.1, 0.15) is 12.0 Å². The van der Waals surface area contributed by atoms with Gasteiger partial charge < -0.3 is 15.3 Å². The molecule has 0 radical (unpaired) electrons. The fourth-order valence-electron chi connectivity index (χ4n) is 2.67. The van der Waals surface area contributed by atoms with Crippen LogP contribution in [0.25, 0.3) is 10.1 Å². The highest BCUT2D eigenvalue weighted by molar-refractivity contribution is 7.17. The van der Waals surface area contributed by atoms with E-state index in [0.29, 0.717) is 0 Å².